The van der Waals surface area contributed by atoms with Crippen molar-refractivity contribution in [2.75, 3.05) is 6.61 Å². The van der Waals surface area contributed by atoms with Crippen LogP contribution >= 0.6 is 0 Å². The first-order chi connectivity index (χ1) is 19.9. The van der Waals surface area contributed by atoms with Gasteiger partial charge in [-0.25, -0.2) is 4.79 Å². The quantitative estimate of drug-likeness (QED) is 0.232. The van der Waals surface area contributed by atoms with Crippen molar-refractivity contribution in [1.29, 1.82) is 0 Å². The van der Waals surface area contributed by atoms with Crippen molar-refractivity contribution in [2.24, 2.45) is 7.05 Å². The molecule has 0 saturated heterocycles. The fourth-order valence-corrected chi connectivity index (χ4v) is 6.89. The molecule has 3 aromatic carbocycles. The van der Waals surface area contributed by atoms with Crippen molar-refractivity contribution < 1.29 is 14.6 Å². The molecule has 1 atom stereocenters. The molecule has 3 heterocycles. The first kappa shape index (κ1) is 27.1. The molecule has 2 aromatic heterocycles. The molecule has 6 heteroatoms. The van der Waals surface area contributed by atoms with Crippen LogP contribution in [0.2, 0.25) is 0 Å². The van der Waals surface area contributed by atoms with Gasteiger partial charge in [0.15, 0.2) is 0 Å². The predicted molar refractivity (Wildman–Crippen MR) is 165 cm³/mol. The molecule has 1 N–H and O–H groups in total. The second kappa shape index (κ2) is 11.1. The van der Waals surface area contributed by atoms with E-state index in [2.05, 4.69) is 55.7 Å². The van der Waals surface area contributed by atoms with Gasteiger partial charge in [0, 0.05) is 41.2 Å². The zero-order valence-corrected chi connectivity index (χ0v) is 24.5. The van der Waals surface area contributed by atoms with Gasteiger partial charge in [0.25, 0.3) is 0 Å². The van der Waals surface area contributed by atoms with Crippen molar-refractivity contribution in [3.05, 3.63) is 82.8 Å². The molecule has 0 spiro atoms. The van der Waals surface area contributed by atoms with Crippen LogP contribution in [0.1, 0.15) is 77.9 Å². The number of aryl methyl sites for hydroxylation is 4. The van der Waals surface area contributed by atoms with Gasteiger partial charge in [-0.15, -0.1) is 0 Å². The van der Waals surface area contributed by atoms with E-state index in [9.17, 15) is 9.90 Å². The number of hydrogen-bond donors (Lipinski definition) is 1. The predicted octanol–water partition coefficient (Wildman–Crippen LogP) is 8.20. The van der Waals surface area contributed by atoms with E-state index in [4.69, 9.17) is 9.84 Å². The monoisotopic (exact) mass is 549 g/mol. The van der Waals surface area contributed by atoms with E-state index in [0.29, 0.717) is 25.3 Å². The van der Waals surface area contributed by atoms with E-state index in [0.717, 1.165) is 81.9 Å². The fourth-order valence-electron chi connectivity index (χ4n) is 6.89. The lowest BCUT2D eigenvalue weighted by molar-refractivity contribution is 0.0683. The number of ether oxygens (including phenoxy) is 1. The van der Waals surface area contributed by atoms with Crippen LogP contribution in [-0.2, 0) is 20.0 Å². The molecular formula is C35H39N3O3. The molecule has 5 aromatic rings. The van der Waals surface area contributed by atoms with Gasteiger partial charge >= 0.3 is 5.97 Å². The summed E-state index contributed by atoms with van der Waals surface area (Å²) in [5.74, 6) is 0.000481. The molecule has 0 bridgehead atoms. The molecule has 0 amide bonds. The summed E-state index contributed by atoms with van der Waals surface area (Å²) in [5, 5.41) is 18.8. The number of carboxylic acids is 1. The first-order valence-electron chi connectivity index (χ1n) is 14.9. The average Bonchev–Trinajstić information content (AvgIpc) is 3.42. The summed E-state index contributed by atoms with van der Waals surface area (Å²) < 4.78 is 10.4. The standard InChI is InChI=1S/C35H39N3O3/c1-22-17-18-27-30(23(2)19-21-41-29-16-11-13-25-12-8-9-14-26(25)29)34(35(39)40)38-20-10-6-5-7-15-28-32(31(22)33(27)38)24(3)36-37(28)4/h8-9,11-14,16-18,23H,5-7,10,15,19-21H2,1-4H3,(H,39,40). The number of hydrogen-bond acceptors (Lipinski definition) is 3. The van der Waals surface area contributed by atoms with Gasteiger partial charge in [0.05, 0.1) is 17.8 Å². The molecular weight excluding hydrogens is 510 g/mol. The Morgan fingerprint density at radius 2 is 1.76 bits per heavy atom. The van der Waals surface area contributed by atoms with Crippen LogP contribution in [0.3, 0.4) is 0 Å². The molecule has 1 aliphatic rings. The molecule has 6 nitrogen and oxygen atoms in total. The number of rotatable bonds is 6. The molecule has 0 aliphatic carbocycles. The van der Waals surface area contributed by atoms with E-state index < -0.39 is 5.97 Å². The number of nitrogens with zero attached hydrogens (tertiary/aromatic N) is 3. The Hall–Kier alpha value is -4.06. The molecule has 41 heavy (non-hydrogen) atoms. The van der Waals surface area contributed by atoms with E-state index >= 15 is 0 Å². The maximum atomic E-state index is 13.0. The van der Waals surface area contributed by atoms with Crippen molar-refractivity contribution in [1.82, 2.24) is 14.3 Å². The Kier molecular flexibility index (Phi) is 7.33. The van der Waals surface area contributed by atoms with Gasteiger partial charge in [0.2, 0.25) is 0 Å². The molecule has 1 unspecified atom stereocenters. The number of benzene rings is 3. The fraction of sp³-hybridized carbons (Fsp3) is 0.371. The Morgan fingerprint density at radius 3 is 2.59 bits per heavy atom. The van der Waals surface area contributed by atoms with Gasteiger partial charge in [-0.05, 0) is 68.0 Å². The molecule has 0 fully saturated rings. The Labute approximate surface area is 241 Å². The number of aromatic nitrogens is 3. The largest absolute Gasteiger partial charge is 0.493 e. The highest BCUT2D eigenvalue weighted by atomic mass is 16.5. The maximum absolute atomic E-state index is 13.0. The summed E-state index contributed by atoms with van der Waals surface area (Å²) in [7, 11) is 2.03. The molecule has 212 valence electrons. The smallest absolute Gasteiger partial charge is 0.352 e. The number of carboxylic acid groups (broad SMARTS) is 1. The number of aromatic carboxylic acids is 1. The maximum Gasteiger partial charge on any atom is 0.352 e. The van der Waals surface area contributed by atoms with E-state index in [1.165, 1.54) is 11.3 Å². The van der Waals surface area contributed by atoms with E-state index in [1.807, 2.05) is 36.0 Å². The van der Waals surface area contributed by atoms with E-state index in [1.54, 1.807) is 0 Å². The zero-order chi connectivity index (χ0) is 28.7. The third-order valence-electron chi connectivity index (χ3n) is 8.86. The minimum Gasteiger partial charge on any atom is -0.493 e. The summed E-state index contributed by atoms with van der Waals surface area (Å²) in [5.41, 5.74) is 8.08. The Balaban J connectivity index is 1.46. The van der Waals surface area contributed by atoms with Gasteiger partial charge in [-0.3, -0.25) is 4.68 Å². The van der Waals surface area contributed by atoms with Gasteiger partial charge in [-0.2, -0.15) is 5.10 Å². The number of carbonyl (C=O) groups is 1. The van der Waals surface area contributed by atoms with Gasteiger partial charge in [-0.1, -0.05) is 68.3 Å². The van der Waals surface area contributed by atoms with Gasteiger partial charge in [0.1, 0.15) is 11.4 Å². The second-order valence-corrected chi connectivity index (χ2v) is 11.6. The summed E-state index contributed by atoms with van der Waals surface area (Å²) in [6, 6.07) is 18.6. The van der Waals surface area contributed by atoms with E-state index in [-0.39, 0.29) is 5.92 Å². The summed E-state index contributed by atoms with van der Waals surface area (Å²) in [6.07, 6.45) is 5.97. The third-order valence-corrected chi connectivity index (χ3v) is 8.86. The minimum absolute atomic E-state index is 0.00208. The Bertz CT molecular complexity index is 1750. The minimum atomic E-state index is -0.861. The van der Waals surface area contributed by atoms with Crippen LogP contribution in [0.4, 0.5) is 0 Å². The summed E-state index contributed by atoms with van der Waals surface area (Å²) >= 11 is 0. The van der Waals surface area contributed by atoms with Gasteiger partial charge < -0.3 is 14.4 Å². The van der Waals surface area contributed by atoms with Crippen LogP contribution in [0.5, 0.6) is 5.75 Å². The Morgan fingerprint density at radius 1 is 0.976 bits per heavy atom. The molecule has 0 saturated carbocycles. The SMILES string of the molecule is Cc1ccc2c(C(C)CCOc3cccc4ccccc34)c(C(=O)O)n3c2c1-c1c(C)nn(C)c1CCCCCC3. The van der Waals surface area contributed by atoms with Crippen LogP contribution in [0.25, 0.3) is 32.8 Å². The highest BCUT2D eigenvalue weighted by molar-refractivity contribution is 6.05. The van der Waals surface area contributed by atoms with Crippen LogP contribution < -0.4 is 4.74 Å². The third kappa shape index (κ3) is 4.79. The molecule has 0 radical (unpaired) electrons. The molecule has 1 aliphatic heterocycles. The lowest BCUT2D eigenvalue weighted by Crippen LogP contribution is -2.13. The zero-order valence-electron chi connectivity index (χ0n) is 24.5. The molecule has 6 rings (SSSR count). The normalized spacial score (nSPS) is 14.5. The van der Waals surface area contributed by atoms with Crippen molar-refractivity contribution in [3.63, 3.8) is 0 Å². The number of fused-ring (bicyclic) bond motifs is 3. The lowest BCUT2D eigenvalue weighted by atomic mass is 9.90. The first-order valence-corrected chi connectivity index (χ1v) is 14.9. The summed E-state index contributed by atoms with van der Waals surface area (Å²) in [6.45, 7) is 7.56. The average molecular weight is 550 g/mol. The lowest BCUT2D eigenvalue weighted by Gasteiger charge is -2.15. The van der Waals surface area contributed by atoms with Crippen molar-refractivity contribution >= 4 is 27.6 Å². The topological polar surface area (TPSA) is 69.3 Å². The van der Waals surface area contributed by atoms with Crippen LogP contribution in [0.15, 0.2) is 54.6 Å². The highest BCUT2D eigenvalue weighted by Gasteiger charge is 2.30. The van der Waals surface area contributed by atoms with Crippen molar-refractivity contribution in [2.45, 2.75) is 71.8 Å². The highest BCUT2D eigenvalue weighted by Crippen LogP contribution is 2.43. The summed E-state index contributed by atoms with van der Waals surface area (Å²) in [4.78, 5) is 13.0. The van der Waals surface area contributed by atoms with Crippen molar-refractivity contribution in [3.8, 4) is 16.9 Å². The van der Waals surface area contributed by atoms with Crippen LogP contribution in [-0.4, -0.2) is 32.0 Å². The second-order valence-electron chi connectivity index (χ2n) is 11.6. The van der Waals surface area contributed by atoms with Crippen LogP contribution in [0, 0.1) is 13.8 Å².